The first-order valence-electron chi connectivity index (χ1n) is 6.21. The average Bonchev–Trinajstić information content (AvgIpc) is 2.40. The Balaban J connectivity index is 1.83. The van der Waals surface area contributed by atoms with Gasteiger partial charge in [0, 0.05) is 18.2 Å². The fraction of sp³-hybridized carbons (Fsp3) is 0.500. The second-order valence-corrected chi connectivity index (χ2v) is 5.56. The molecular weight excluding hydrogens is 248 g/mol. The van der Waals surface area contributed by atoms with Crippen molar-refractivity contribution < 1.29 is 14.3 Å². The quantitative estimate of drug-likeness (QED) is 0.838. The third kappa shape index (κ3) is 4.12. The van der Waals surface area contributed by atoms with Crippen LogP contribution in [0.15, 0.2) is 30.3 Å². The van der Waals surface area contributed by atoms with Crippen LogP contribution < -0.4 is 0 Å². The van der Waals surface area contributed by atoms with Gasteiger partial charge in [0.2, 0.25) is 0 Å². The lowest BCUT2D eigenvalue weighted by atomic mass is 10.1. The first-order chi connectivity index (χ1) is 8.75. The van der Waals surface area contributed by atoms with Crippen LogP contribution in [0.2, 0.25) is 0 Å². The summed E-state index contributed by atoms with van der Waals surface area (Å²) in [5, 5.41) is 0.168. The van der Waals surface area contributed by atoms with Crippen LogP contribution in [0.25, 0.3) is 0 Å². The SMILES string of the molecule is CC(=O)SCCC1CCOC(c2ccccc2)O1. The van der Waals surface area contributed by atoms with E-state index in [1.54, 1.807) is 6.92 Å². The molecule has 0 aromatic heterocycles. The molecule has 1 aliphatic heterocycles. The Morgan fingerprint density at radius 1 is 1.39 bits per heavy atom. The Labute approximate surface area is 112 Å². The van der Waals surface area contributed by atoms with Gasteiger partial charge in [-0.1, -0.05) is 42.1 Å². The number of hydrogen-bond acceptors (Lipinski definition) is 4. The highest BCUT2D eigenvalue weighted by Crippen LogP contribution is 2.27. The van der Waals surface area contributed by atoms with Crippen LogP contribution in [0.4, 0.5) is 0 Å². The van der Waals surface area contributed by atoms with Crippen molar-refractivity contribution in [1.82, 2.24) is 0 Å². The molecule has 2 unspecified atom stereocenters. The number of benzene rings is 1. The van der Waals surface area contributed by atoms with Gasteiger partial charge in [0.1, 0.15) is 0 Å². The lowest BCUT2D eigenvalue weighted by Gasteiger charge is -2.30. The van der Waals surface area contributed by atoms with E-state index in [9.17, 15) is 4.79 Å². The van der Waals surface area contributed by atoms with Gasteiger partial charge >= 0.3 is 0 Å². The Morgan fingerprint density at radius 3 is 2.89 bits per heavy atom. The first-order valence-corrected chi connectivity index (χ1v) is 7.19. The highest BCUT2D eigenvalue weighted by molar-refractivity contribution is 8.13. The second-order valence-electron chi connectivity index (χ2n) is 4.29. The molecule has 1 aromatic rings. The van der Waals surface area contributed by atoms with Crippen molar-refractivity contribution in [3.63, 3.8) is 0 Å². The summed E-state index contributed by atoms with van der Waals surface area (Å²) >= 11 is 1.36. The number of rotatable bonds is 4. The fourth-order valence-electron chi connectivity index (χ4n) is 1.92. The summed E-state index contributed by atoms with van der Waals surface area (Å²) in [6, 6.07) is 9.97. The maximum Gasteiger partial charge on any atom is 0.185 e. The minimum absolute atomic E-state index is 0.168. The Kier molecular flexibility index (Phi) is 5.23. The van der Waals surface area contributed by atoms with Crippen molar-refractivity contribution in [3.8, 4) is 0 Å². The second kappa shape index (κ2) is 6.92. The van der Waals surface area contributed by atoms with E-state index in [1.807, 2.05) is 30.3 Å². The normalized spacial score (nSPS) is 23.8. The topological polar surface area (TPSA) is 35.5 Å². The number of carbonyl (C=O) groups is 1. The van der Waals surface area contributed by atoms with E-state index in [1.165, 1.54) is 11.8 Å². The van der Waals surface area contributed by atoms with Crippen LogP contribution in [0.5, 0.6) is 0 Å². The number of ether oxygens (including phenoxy) is 2. The maximum absolute atomic E-state index is 10.9. The molecule has 2 rings (SSSR count). The third-order valence-corrected chi connectivity index (χ3v) is 3.69. The van der Waals surface area contributed by atoms with Gasteiger partial charge in [0.05, 0.1) is 12.7 Å². The highest BCUT2D eigenvalue weighted by Gasteiger charge is 2.23. The van der Waals surface area contributed by atoms with E-state index in [0.29, 0.717) is 0 Å². The summed E-state index contributed by atoms with van der Waals surface area (Å²) in [5.74, 6) is 0.821. The van der Waals surface area contributed by atoms with Crippen molar-refractivity contribution in [1.29, 1.82) is 0 Å². The van der Waals surface area contributed by atoms with Gasteiger partial charge in [-0.15, -0.1) is 0 Å². The summed E-state index contributed by atoms with van der Waals surface area (Å²) in [6.45, 7) is 2.32. The van der Waals surface area contributed by atoms with Crippen LogP contribution in [0.1, 0.15) is 31.6 Å². The molecule has 3 nitrogen and oxygen atoms in total. The van der Waals surface area contributed by atoms with Gasteiger partial charge in [-0.2, -0.15) is 0 Å². The standard InChI is InChI=1S/C14H18O3S/c1-11(15)18-10-8-13-7-9-16-14(17-13)12-5-3-2-4-6-12/h2-6,13-14H,7-10H2,1H3. The third-order valence-electron chi connectivity index (χ3n) is 2.84. The molecule has 0 saturated carbocycles. The van der Waals surface area contributed by atoms with Gasteiger partial charge in [-0.25, -0.2) is 0 Å². The molecule has 2 atom stereocenters. The molecular formula is C14H18O3S. The van der Waals surface area contributed by atoms with Crippen molar-refractivity contribution >= 4 is 16.9 Å². The molecule has 0 bridgehead atoms. The largest absolute Gasteiger partial charge is 0.348 e. The zero-order chi connectivity index (χ0) is 12.8. The number of carbonyl (C=O) groups excluding carboxylic acids is 1. The van der Waals surface area contributed by atoms with Gasteiger partial charge in [0.25, 0.3) is 0 Å². The zero-order valence-electron chi connectivity index (χ0n) is 10.5. The summed E-state index contributed by atoms with van der Waals surface area (Å²) in [4.78, 5) is 10.9. The fourth-order valence-corrected chi connectivity index (χ4v) is 2.59. The molecule has 0 spiro atoms. The minimum atomic E-state index is -0.257. The summed E-state index contributed by atoms with van der Waals surface area (Å²) < 4.78 is 11.5. The van der Waals surface area contributed by atoms with Crippen molar-refractivity contribution in [2.45, 2.75) is 32.2 Å². The van der Waals surface area contributed by atoms with Gasteiger partial charge in [-0.3, -0.25) is 4.79 Å². The lowest BCUT2D eigenvalue weighted by molar-refractivity contribution is -0.217. The minimum Gasteiger partial charge on any atom is -0.348 e. The monoisotopic (exact) mass is 266 g/mol. The maximum atomic E-state index is 10.9. The summed E-state index contributed by atoms with van der Waals surface area (Å²) in [5.41, 5.74) is 1.06. The van der Waals surface area contributed by atoms with Crippen LogP contribution >= 0.6 is 11.8 Å². The van der Waals surface area contributed by atoms with Crippen LogP contribution in [-0.4, -0.2) is 23.6 Å². The van der Waals surface area contributed by atoms with E-state index in [4.69, 9.17) is 9.47 Å². The molecule has 1 aliphatic rings. The first kappa shape index (κ1) is 13.6. The Bertz CT molecular complexity index is 380. The molecule has 1 saturated heterocycles. The molecule has 1 fully saturated rings. The van der Waals surface area contributed by atoms with E-state index >= 15 is 0 Å². The zero-order valence-corrected chi connectivity index (χ0v) is 11.3. The molecule has 18 heavy (non-hydrogen) atoms. The average molecular weight is 266 g/mol. The van der Waals surface area contributed by atoms with Crippen molar-refractivity contribution in [2.24, 2.45) is 0 Å². The molecule has 1 aromatic carbocycles. The summed E-state index contributed by atoms with van der Waals surface area (Å²) in [7, 11) is 0. The summed E-state index contributed by atoms with van der Waals surface area (Å²) in [6.07, 6.45) is 1.74. The molecule has 0 aliphatic carbocycles. The van der Waals surface area contributed by atoms with Crippen LogP contribution in [-0.2, 0) is 14.3 Å². The number of hydrogen-bond donors (Lipinski definition) is 0. The molecule has 0 radical (unpaired) electrons. The van der Waals surface area contributed by atoms with Gasteiger partial charge in [0.15, 0.2) is 11.4 Å². The molecule has 0 N–H and O–H groups in total. The van der Waals surface area contributed by atoms with Crippen LogP contribution in [0, 0.1) is 0 Å². The highest BCUT2D eigenvalue weighted by atomic mass is 32.2. The van der Waals surface area contributed by atoms with E-state index in [-0.39, 0.29) is 17.5 Å². The van der Waals surface area contributed by atoms with E-state index in [2.05, 4.69) is 0 Å². The smallest absolute Gasteiger partial charge is 0.185 e. The Hall–Kier alpha value is -0.840. The lowest BCUT2D eigenvalue weighted by Crippen LogP contribution is -2.27. The van der Waals surface area contributed by atoms with Crippen LogP contribution in [0.3, 0.4) is 0 Å². The van der Waals surface area contributed by atoms with E-state index in [0.717, 1.165) is 30.8 Å². The van der Waals surface area contributed by atoms with E-state index < -0.39 is 0 Å². The Morgan fingerprint density at radius 2 is 2.17 bits per heavy atom. The predicted molar refractivity (Wildman–Crippen MR) is 72.4 cm³/mol. The van der Waals surface area contributed by atoms with Gasteiger partial charge in [-0.05, 0) is 12.8 Å². The van der Waals surface area contributed by atoms with Crippen molar-refractivity contribution in [2.75, 3.05) is 12.4 Å². The number of thioether (sulfide) groups is 1. The van der Waals surface area contributed by atoms with Gasteiger partial charge < -0.3 is 9.47 Å². The molecule has 1 heterocycles. The van der Waals surface area contributed by atoms with Crippen molar-refractivity contribution in [3.05, 3.63) is 35.9 Å². The molecule has 4 heteroatoms. The predicted octanol–water partition coefficient (Wildman–Crippen LogP) is 3.16. The molecule has 0 amide bonds. The molecule has 98 valence electrons.